The van der Waals surface area contributed by atoms with Gasteiger partial charge in [0.1, 0.15) is 16.6 Å². The summed E-state index contributed by atoms with van der Waals surface area (Å²) in [5, 5.41) is 11.6. The molecule has 2 N–H and O–H groups in total. The first kappa shape index (κ1) is 19.2. The van der Waals surface area contributed by atoms with E-state index in [2.05, 4.69) is 5.32 Å². The molecule has 0 bridgehead atoms. The molecule has 23 heavy (non-hydrogen) atoms. The zero-order chi connectivity index (χ0) is 17.9. The van der Waals surface area contributed by atoms with E-state index in [-0.39, 0.29) is 22.9 Å². The summed E-state index contributed by atoms with van der Waals surface area (Å²) in [6.45, 7) is 3.71. The molecule has 0 spiro atoms. The molecule has 0 saturated heterocycles. The number of aromatic nitrogens is 1. The highest BCUT2D eigenvalue weighted by Gasteiger charge is 2.26. The maximum absolute atomic E-state index is 12.3. The number of carboxylic acids is 1. The summed E-state index contributed by atoms with van der Waals surface area (Å²) in [6.07, 6.45) is 1.61. The number of amides is 1. The number of nitrogens with zero attached hydrogens (tertiary/aromatic N) is 2. The van der Waals surface area contributed by atoms with Crippen LogP contribution >= 0.6 is 0 Å². The van der Waals surface area contributed by atoms with Gasteiger partial charge in [0.05, 0.1) is 0 Å². The van der Waals surface area contributed by atoms with Crippen LogP contribution in [0, 0.1) is 5.92 Å². The van der Waals surface area contributed by atoms with Gasteiger partial charge in [-0.05, 0) is 18.4 Å². The predicted molar refractivity (Wildman–Crippen MR) is 84.6 cm³/mol. The Labute approximate surface area is 136 Å². The Kier molecular flexibility index (Phi) is 5.95. The van der Waals surface area contributed by atoms with Crippen LogP contribution in [0.4, 0.5) is 0 Å². The molecule has 1 rings (SSSR count). The third-order valence-electron chi connectivity index (χ3n) is 3.30. The molecular weight excluding hydrogens is 322 g/mol. The first-order chi connectivity index (χ1) is 10.5. The maximum Gasteiger partial charge on any atom is 0.326 e. The zero-order valence-corrected chi connectivity index (χ0v) is 14.7. The van der Waals surface area contributed by atoms with Crippen LogP contribution in [0.3, 0.4) is 0 Å². The third-order valence-corrected chi connectivity index (χ3v) is 5.08. The van der Waals surface area contributed by atoms with E-state index in [4.69, 9.17) is 0 Å². The molecule has 0 aromatic carbocycles. The molecule has 0 saturated carbocycles. The first-order valence-corrected chi connectivity index (χ1v) is 8.53. The largest absolute Gasteiger partial charge is 0.480 e. The van der Waals surface area contributed by atoms with Crippen LogP contribution in [0.15, 0.2) is 17.2 Å². The van der Waals surface area contributed by atoms with Crippen molar-refractivity contribution in [1.29, 1.82) is 0 Å². The van der Waals surface area contributed by atoms with Gasteiger partial charge >= 0.3 is 5.97 Å². The van der Waals surface area contributed by atoms with Crippen LogP contribution in [0.2, 0.25) is 0 Å². The molecule has 1 heterocycles. The normalized spacial score (nSPS) is 13.3. The van der Waals surface area contributed by atoms with E-state index in [1.165, 1.54) is 38.0 Å². The minimum absolute atomic E-state index is 0.0223. The number of hydrogen-bond acceptors (Lipinski definition) is 4. The molecule has 0 fully saturated rings. The van der Waals surface area contributed by atoms with Crippen LogP contribution in [-0.4, -0.2) is 54.4 Å². The molecule has 1 aromatic rings. The quantitative estimate of drug-likeness (QED) is 0.748. The highest BCUT2D eigenvalue weighted by atomic mass is 32.2. The number of nitrogens with one attached hydrogen (secondary N) is 1. The predicted octanol–water partition coefficient (Wildman–Crippen LogP) is 0.505. The Morgan fingerprint density at radius 3 is 2.35 bits per heavy atom. The van der Waals surface area contributed by atoms with E-state index in [1.807, 2.05) is 13.8 Å². The number of carbonyl (C=O) groups is 2. The van der Waals surface area contributed by atoms with Gasteiger partial charge in [-0.25, -0.2) is 17.5 Å². The molecule has 9 heteroatoms. The molecule has 1 atom stereocenters. The van der Waals surface area contributed by atoms with E-state index < -0.39 is 27.9 Å². The molecule has 0 aliphatic carbocycles. The molecule has 0 unspecified atom stereocenters. The SMILES string of the molecule is CC(C)C[C@H](NC(=O)c1cc(S(=O)(=O)N(C)C)cn1C)C(=O)O. The summed E-state index contributed by atoms with van der Waals surface area (Å²) in [5.74, 6) is -1.65. The molecule has 0 radical (unpaired) electrons. The van der Waals surface area contributed by atoms with Gasteiger partial charge in [0, 0.05) is 27.3 Å². The van der Waals surface area contributed by atoms with Crippen LogP contribution in [-0.2, 0) is 21.9 Å². The topological polar surface area (TPSA) is 109 Å². The van der Waals surface area contributed by atoms with Crippen molar-refractivity contribution in [2.24, 2.45) is 13.0 Å². The van der Waals surface area contributed by atoms with Crippen molar-refractivity contribution in [1.82, 2.24) is 14.2 Å². The van der Waals surface area contributed by atoms with Gasteiger partial charge in [0.25, 0.3) is 5.91 Å². The Morgan fingerprint density at radius 2 is 1.91 bits per heavy atom. The molecule has 1 aromatic heterocycles. The zero-order valence-electron chi connectivity index (χ0n) is 13.9. The van der Waals surface area contributed by atoms with Crippen LogP contribution in [0.5, 0.6) is 0 Å². The number of rotatable bonds is 7. The Balaban J connectivity index is 3.06. The van der Waals surface area contributed by atoms with E-state index >= 15 is 0 Å². The number of aryl methyl sites for hydroxylation is 1. The molecule has 0 aliphatic rings. The van der Waals surface area contributed by atoms with Gasteiger partial charge in [0.2, 0.25) is 10.0 Å². The van der Waals surface area contributed by atoms with Crippen molar-refractivity contribution < 1.29 is 23.1 Å². The standard InChI is InChI=1S/C14H23N3O5S/c1-9(2)6-11(14(19)20)15-13(18)12-7-10(8-17(12)5)23(21,22)16(3)4/h7-9,11H,6H2,1-5H3,(H,15,18)(H,19,20)/t11-/m0/s1. The number of carboxylic acid groups (broad SMARTS) is 1. The fourth-order valence-corrected chi connectivity index (χ4v) is 3.01. The van der Waals surface area contributed by atoms with Gasteiger partial charge in [-0.3, -0.25) is 4.79 Å². The second-order valence-electron chi connectivity index (χ2n) is 5.95. The van der Waals surface area contributed by atoms with Crippen molar-refractivity contribution in [3.05, 3.63) is 18.0 Å². The van der Waals surface area contributed by atoms with Crippen LogP contribution < -0.4 is 5.32 Å². The number of hydrogen-bond donors (Lipinski definition) is 2. The third kappa shape index (κ3) is 4.55. The number of carbonyl (C=O) groups excluding carboxylic acids is 1. The number of aliphatic carboxylic acids is 1. The minimum Gasteiger partial charge on any atom is -0.480 e. The lowest BCUT2D eigenvalue weighted by Gasteiger charge is -2.16. The summed E-state index contributed by atoms with van der Waals surface area (Å²) in [5.41, 5.74) is 0.0837. The van der Waals surface area contributed by atoms with Crippen molar-refractivity contribution >= 4 is 21.9 Å². The molecule has 0 aliphatic heterocycles. The van der Waals surface area contributed by atoms with Crippen molar-refractivity contribution in [2.75, 3.05) is 14.1 Å². The Morgan fingerprint density at radius 1 is 1.35 bits per heavy atom. The summed E-state index contributed by atoms with van der Waals surface area (Å²) in [4.78, 5) is 23.5. The summed E-state index contributed by atoms with van der Waals surface area (Å²) >= 11 is 0. The number of sulfonamides is 1. The van der Waals surface area contributed by atoms with Crippen LogP contribution in [0.25, 0.3) is 0 Å². The Bertz CT molecular complexity index is 691. The van der Waals surface area contributed by atoms with Crippen molar-refractivity contribution in [3.63, 3.8) is 0 Å². The highest BCUT2D eigenvalue weighted by Crippen LogP contribution is 2.17. The molecule has 1 amide bonds. The van der Waals surface area contributed by atoms with E-state index in [0.29, 0.717) is 0 Å². The van der Waals surface area contributed by atoms with E-state index in [1.54, 1.807) is 0 Å². The lowest BCUT2D eigenvalue weighted by atomic mass is 10.0. The second kappa shape index (κ2) is 7.14. The van der Waals surface area contributed by atoms with Gasteiger partial charge < -0.3 is 15.0 Å². The van der Waals surface area contributed by atoms with Gasteiger partial charge in [0.15, 0.2) is 0 Å². The molecular formula is C14H23N3O5S. The second-order valence-corrected chi connectivity index (χ2v) is 8.11. The molecule has 8 nitrogen and oxygen atoms in total. The van der Waals surface area contributed by atoms with E-state index in [0.717, 1.165) is 4.31 Å². The minimum atomic E-state index is -3.66. The van der Waals surface area contributed by atoms with Crippen molar-refractivity contribution in [2.45, 2.75) is 31.2 Å². The van der Waals surface area contributed by atoms with Crippen molar-refractivity contribution in [3.8, 4) is 0 Å². The van der Waals surface area contributed by atoms with Gasteiger partial charge in [-0.15, -0.1) is 0 Å². The average Bonchev–Trinajstić information content (AvgIpc) is 2.79. The summed E-state index contributed by atoms with van der Waals surface area (Å²) in [7, 11) is 0.658. The lowest BCUT2D eigenvalue weighted by molar-refractivity contribution is -0.139. The Hall–Kier alpha value is -1.87. The smallest absolute Gasteiger partial charge is 0.326 e. The van der Waals surface area contributed by atoms with Crippen LogP contribution in [0.1, 0.15) is 30.8 Å². The van der Waals surface area contributed by atoms with E-state index in [9.17, 15) is 23.1 Å². The molecule has 130 valence electrons. The summed E-state index contributed by atoms with van der Waals surface area (Å²) in [6, 6.07) is 0.213. The fourth-order valence-electron chi connectivity index (χ4n) is 2.04. The monoisotopic (exact) mass is 345 g/mol. The van der Waals surface area contributed by atoms with Gasteiger partial charge in [-0.1, -0.05) is 13.8 Å². The first-order valence-electron chi connectivity index (χ1n) is 7.09. The van der Waals surface area contributed by atoms with Gasteiger partial charge in [-0.2, -0.15) is 0 Å². The maximum atomic E-state index is 12.3. The fraction of sp³-hybridized carbons (Fsp3) is 0.571. The highest BCUT2D eigenvalue weighted by molar-refractivity contribution is 7.89. The average molecular weight is 345 g/mol. The summed E-state index contributed by atoms with van der Waals surface area (Å²) < 4.78 is 26.6. The lowest BCUT2D eigenvalue weighted by Crippen LogP contribution is -2.42.